The first kappa shape index (κ1) is 11.6. The summed E-state index contributed by atoms with van der Waals surface area (Å²) in [4.78, 5) is 0. The number of hydrogen-bond donors (Lipinski definition) is 1. The average Bonchev–Trinajstić information content (AvgIpc) is 2.67. The van der Waals surface area contributed by atoms with Gasteiger partial charge in [0, 0.05) is 6.61 Å². The molecule has 0 aliphatic carbocycles. The molecule has 88 valence electrons. The van der Waals surface area contributed by atoms with Crippen molar-refractivity contribution < 1.29 is 4.74 Å². The van der Waals surface area contributed by atoms with Crippen molar-refractivity contribution in [3.8, 4) is 0 Å². The number of likely N-dealkylation sites (N-methyl/N-ethyl adjacent to an activating group) is 1. The molecular formula is C14H21NO. The molecule has 1 aromatic rings. The van der Waals surface area contributed by atoms with Crippen LogP contribution in [0.1, 0.15) is 30.5 Å². The van der Waals surface area contributed by atoms with E-state index < -0.39 is 0 Å². The fraction of sp³-hybridized carbons (Fsp3) is 0.571. The third-order valence-corrected chi connectivity index (χ3v) is 3.49. The van der Waals surface area contributed by atoms with E-state index in [1.807, 2.05) is 7.05 Å². The molecule has 1 aromatic carbocycles. The number of hydrogen-bond acceptors (Lipinski definition) is 2. The minimum Gasteiger partial charge on any atom is -0.376 e. The number of rotatable bonds is 3. The van der Waals surface area contributed by atoms with Crippen molar-refractivity contribution in [3.63, 3.8) is 0 Å². The Morgan fingerprint density at radius 2 is 2.25 bits per heavy atom. The van der Waals surface area contributed by atoms with Gasteiger partial charge < -0.3 is 10.1 Å². The van der Waals surface area contributed by atoms with Crippen LogP contribution in [0.4, 0.5) is 0 Å². The maximum Gasteiger partial charge on any atom is 0.0795 e. The van der Waals surface area contributed by atoms with Crippen LogP contribution in [-0.4, -0.2) is 19.8 Å². The average molecular weight is 219 g/mol. The minimum atomic E-state index is 0.312. The summed E-state index contributed by atoms with van der Waals surface area (Å²) >= 11 is 0. The fourth-order valence-electron chi connectivity index (χ4n) is 2.53. The molecular weight excluding hydrogens is 198 g/mol. The van der Waals surface area contributed by atoms with Crippen molar-refractivity contribution in [2.24, 2.45) is 5.92 Å². The summed E-state index contributed by atoms with van der Waals surface area (Å²) in [6, 6.07) is 9.00. The molecule has 2 rings (SSSR count). The van der Waals surface area contributed by atoms with Crippen LogP contribution in [0.3, 0.4) is 0 Å². The van der Waals surface area contributed by atoms with Crippen LogP contribution in [0.2, 0.25) is 0 Å². The molecule has 1 fully saturated rings. The van der Waals surface area contributed by atoms with Crippen LogP contribution in [-0.2, 0) is 4.74 Å². The van der Waals surface area contributed by atoms with E-state index in [1.165, 1.54) is 17.5 Å². The molecule has 1 aliphatic heterocycles. The zero-order valence-electron chi connectivity index (χ0n) is 10.4. The third kappa shape index (κ3) is 2.28. The highest BCUT2D eigenvalue weighted by atomic mass is 16.5. The zero-order valence-corrected chi connectivity index (χ0v) is 10.4. The molecule has 1 N–H and O–H groups in total. The number of ether oxygens (including phenoxy) is 1. The van der Waals surface area contributed by atoms with Crippen molar-refractivity contribution in [2.45, 2.75) is 32.4 Å². The first-order valence-corrected chi connectivity index (χ1v) is 6.08. The van der Waals surface area contributed by atoms with Gasteiger partial charge in [0.15, 0.2) is 0 Å². The summed E-state index contributed by atoms with van der Waals surface area (Å²) in [6.45, 7) is 5.31. The van der Waals surface area contributed by atoms with Crippen LogP contribution in [0.25, 0.3) is 0 Å². The maximum atomic E-state index is 5.85. The molecule has 3 unspecified atom stereocenters. The molecule has 2 nitrogen and oxygen atoms in total. The van der Waals surface area contributed by atoms with Gasteiger partial charge in [0.2, 0.25) is 0 Å². The molecule has 0 bridgehead atoms. The molecule has 1 heterocycles. The van der Waals surface area contributed by atoms with Gasteiger partial charge in [-0.3, -0.25) is 0 Å². The Balaban J connectivity index is 2.21. The highest BCUT2D eigenvalue weighted by Gasteiger charge is 2.31. The van der Waals surface area contributed by atoms with Gasteiger partial charge in [0.1, 0.15) is 0 Å². The van der Waals surface area contributed by atoms with E-state index in [-0.39, 0.29) is 0 Å². The van der Waals surface area contributed by atoms with Gasteiger partial charge in [-0.05, 0) is 31.9 Å². The smallest absolute Gasteiger partial charge is 0.0795 e. The summed E-state index contributed by atoms with van der Waals surface area (Å²) in [6.07, 6.45) is 1.49. The second-order valence-electron chi connectivity index (χ2n) is 4.78. The van der Waals surface area contributed by atoms with Gasteiger partial charge in [-0.2, -0.15) is 0 Å². The Labute approximate surface area is 98.0 Å². The lowest BCUT2D eigenvalue weighted by molar-refractivity contribution is 0.0631. The van der Waals surface area contributed by atoms with Crippen LogP contribution < -0.4 is 5.32 Å². The van der Waals surface area contributed by atoms with Crippen molar-refractivity contribution >= 4 is 0 Å². The SMILES string of the molecule is CNC(c1cccc(C)c1)C1OCCC1C. The molecule has 2 heteroatoms. The molecule has 0 saturated carbocycles. The second kappa shape index (κ2) is 4.98. The van der Waals surface area contributed by atoms with Gasteiger partial charge in [-0.25, -0.2) is 0 Å². The largest absolute Gasteiger partial charge is 0.376 e. The van der Waals surface area contributed by atoms with E-state index in [2.05, 4.69) is 43.4 Å². The topological polar surface area (TPSA) is 21.3 Å². The Kier molecular flexibility index (Phi) is 3.62. The van der Waals surface area contributed by atoms with Gasteiger partial charge in [-0.15, -0.1) is 0 Å². The lowest BCUT2D eigenvalue weighted by Crippen LogP contribution is -2.32. The minimum absolute atomic E-state index is 0.312. The number of benzene rings is 1. The first-order chi connectivity index (χ1) is 7.72. The van der Waals surface area contributed by atoms with Crippen molar-refractivity contribution in [1.29, 1.82) is 0 Å². The Morgan fingerprint density at radius 3 is 2.81 bits per heavy atom. The fourth-order valence-corrected chi connectivity index (χ4v) is 2.53. The van der Waals surface area contributed by atoms with E-state index in [9.17, 15) is 0 Å². The monoisotopic (exact) mass is 219 g/mol. The lowest BCUT2D eigenvalue weighted by Gasteiger charge is -2.26. The molecule has 0 aromatic heterocycles. The van der Waals surface area contributed by atoms with Gasteiger partial charge in [0.25, 0.3) is 0 Å². The summed E-state index contributed by atoms with van der Waals surface area (Å²) in [5, 5.41) is 3.39. The van der Waals surface area contributed by atoms with E-state index in [0.29, 0.717) is 18.1 Å². The molecule has 16 heavy (non-hydrogen) atoms. The first-order valence-electron chi connectivity index (χ1n) is 6.08. The van der Waals surface area contributed by atoms with Gasteiger partial charge >= 0.3 is 0 Å². The predicted octanol–water partition coefficient (Wildman–Crippen LogP) is 2.68. The number of nitrogens with one attached hydrogen (secondary N) is 1. The van der Waals surface area contributed by atoms with Gasteiger partial charge in [-0.1, -0.05) is 36.8 Å². The molecule has 0 amide bonds. The quantitative estimate of drug-likeness (QED) is 0.844. The summed E-state index contributed by atoms with van der Waals surface area (Å²) in [5.41, 5.74) is 2.64. The number of aryl methyl sites for hydroxylation is 1. The van der Waals surface area contributed by atoms with Crippen molar-refractivity contribution in [1.82, 2.24) is 5.32 Å². The van der Waals surface area contributed by atoms with Gasteiger partial charge in [0.05, 0.1) is 12.1 Å². The maximum absolute atomic E-state index is 5.85. The van der Waals surface area contributed by atoms with E-state index in [4.69, 9.17) is 4.74 Å². The van der Waals surface area contributed by atoms with Crippen molar-refractivity contribution in [3.05, 3.63) is 35.4 Å². The normalized spacial score (nSPS) is 26.9. The van der Waals surface area contributed by atoms with Crippen molar-refractivity contribution in [2.75, 3.05) is 13.7 Å². The molecule has 1 aliphatic rings. The van der Waals surface area contributed by atoms with E-state index in [1.54, 1.807) is 0 Å². The van der Waals surface area contributed by atoms with Crippen LogP contribution in [0.5, 0.6) is 0 Å². The highest BCUT2D eigenvalue weighted by molar-refractivity contribution is 5.26. The standard InChI is InChI=1S/C14H21NO/c1-10-5-4-6-12(9-10)13(15-3)14-11(2)7-8-16-14/h4-6,9,11,13-15H,7-8H2,1-3H3. The zero-order chi connectivity index (χ0) is 11.5. The van der Waals surface area contributed by atoms with E-state index in [0.717, 1.165) is 6.61 Å². The second-order valence-corrected chi connectivity index (χ2v) is 4.78. The molecule has 3 atom stereocenters. The summed E-state index contributed by atoms with van der Waals surface area (Å²) in [7, 11) is 2.02. The predicted molar refractivity (Wildman–Crippen MR) is 66.5 cm³/mol. The molecule has 1 saturated heterocycles. The highest BCUT2D eigenvalue weighted by Crippen LogP contribution is 2.31. The summed E-state index contributed by atoms with van der Waals surface area (Å²) in [5.74, 6) is 0.637. The lowest BCUT2D eigenvalue weighted by atomic mass is 9.92. The third-order valence-electron chi connectivity index (χ3n) is 3.49. The van der Waals surface area contributed by atoms with E-state index >= 15 is 0 Å². The Hall–Kier alpha value is -0.860. The van der Waals surface area contributed by atoms with Crippen LogP contribution >= 0.6 is 0 Å². The summed E-state index contributed by atoms with van der Waals surface area (Å²) < 4.78 is 5.85. The Bertz CT molecular complexity index is 350. The van der Waals surface area contributed by atoms with Crippen LogP contribution in [0.15, 0.2) is 24.3 Å². The molecule has 0 radical (unpaired) electrons. The Morgan fingerprint density at radius 1 is 1.44 bits per heavy atom. The van der Waals surface area contributed by atoms with Crippen LogP contribution in [0, 0.1) is 12.8 Å². The molecule has 0 spiro atoms.